The van der Waals surface area contributed by atoms with Gasteiger partial charge in [-0.2, -0.15) is 0 Å². The van der Waals surface area contributed by atoms with Crippen molar-refractivity contribution in [1.29, 1.82) is 0 Å². The maximum absolute atomic E-state index is 8.74. The summed E-state index contributed by atoms with van der Waals surface area (Å²) < 4.78 is 0. The third-order valence-corrected chi connectivity index (χ3v) is 5.86. The molecule has 0 unspecified atom stereocenters. The predicted octanol–water partition coefficient (Wildman–Crippen LogP) is 7.91. The largest absolute Gasteiger partial charge is 0.396 e. The smallest absolute Gasteiger partial charge is 0.0431 e. The fraction of sp³-hybridized carbons (Fsp3) is 1.00. The molecule has 0 bridgehead atoms. The Balaban J connectivity index is 2.95. The van der Waals surface area contributed by atoms with E-state index < -0.39 is 0 Å². The van der Waals surface area contributed by atoms with Gasteiger partial charge >= 0.3 is 0 Å². The number of unbranched alkanes of at least 4 members (excludes halogenated alkanes) is 22. The molecule has 3 N–H and O–H groups in total. The van der Waals surface area contributed by atoms with Crippen molar-refractivity contribution in [2.75, 3.05) is 13.2 Å². The molecule has 0 amide bonds. The fourth-order valence-corrected chi connectivity index (χ4v) is 3.97. The molecule has 0 aromatic heterocycles. The topological polar surface area (TPSA) is 46.2 Å². The van der Waals surface area contributed by atoms with Gasteiger partial charge in [-0.25, -0.2) is 0 Å². The van der Waals surface area contributed by atoms with Crippen LogP contribution >= 0.6 is 0 Å². The minimum atomic E-state index is 0.371. The Hall–Kier alpha value is -0.0800. The van der Waals surface area contributed by atoms with Crippen LogP contribution in [0.4, 0.5) is 0 Å². The summed E-state index contributed by atoms with van der Waals surface area (Å²) in [6.07, 6.45) is 32.0. The Bertz CT molecular complexity index is 220. The van der Waals surface area contributed by atoms with E-state index in [4.69, 9.17) is 10.8 Å². The number of hydrogen-bond acceptors (Lipinski definition) is 2. The zero-order valence-corrected chi connectivity index (χ0v) is 18.7. The number of hydrogen-bond donors (Lipinski definition) is 2. The molecule has 2 nitrogen and oxygen atoms in total. The third-order valence-electron chi connectivity index (χ3n) is 5.86. The predicted molar refractivity (Wildman–Crippen MR) is 122 cm³/mol. The summed E-state index contributed by atoms with van der Waals surface area (Å²) in [6.45, 7) is 1.24. The van der Waals surface area contributed by atoms with Gasteiger partial charge in [0.1, 0.15) is 0 Å². The van der Waals surface area contributed by atoms with Gasteiger partial charge in [0.25, 0.3) is 0 Å². The van der Waals surface area contributed by atoms with Gasteiger partial charge in [-0.3, -0.25) is 0 Å². The minimum Gasteiger partial charge on any atom is -0.396 e. The highest BCUT2D eigenvalue weighted by Crippen LogP contribution is 2.15. The van der Waals surface area contributed by atoms with Crippen LogP contribution in [-0.4, -0.2) is 18.3 Å². The fourth-order valence-electron chi connectivity index (χ4n) is 3.97. The van der Waals surface area contributed by atoms with Crippen LogP contribution in [-0.2, 0) is 0 Å². The van der Waals surface area contributed by atoms with Gasteiger partial charge in [0.05, 0.1) is 0 Å². The van der Waals surface area contributed by atoms with Crippen LogP contribution in [0.25, 0.3) is 0 Å². The molecule has 0 radical (unpaired) electrons. The third kappa shape index (κ3) is 25.9. The molecular weight excluding hydrogens is 330 g/mol. The van der Waals surface area contributed by atoms with Gasteiger partial charge in [0.2, 0.25) is 0 Å². The average Bonchev–Trinajstić information content (AvgIpc) is 2.68. The van der Waals surface area contributed by atoms with E-state index >= 15 is 0 Å². The van der Waals surface area contributed by atoms with Gasteiger partial charge in [0.15, 0.2) is 0 Å². The Labute approximate surface area is 172 Å². The van der Waals surface area contributed by atoms with Crippen molar-refractivity contribution in [3.8, 4) is 0 Å². The van der Waals surface area contributed by atoms with Gasteiger partial charge in [0, 0.05) is 6.61 Å². The Kier molecular flexibility index (Phi) is 25.8. The van der Waals surface area contributed by atoms with Crippen molar-refractivity contribution in [2.45, 2.75) is 148 Å². The Morgan fingerprint density at radius 2 is 0.481 bits per heavy atom. The molecule has 0 rings (SSSR count). The lowest BCUT2D eigenvalue weighted by atomic mass is 10.0. The second-order valence-corrected chi connectivity index (χ2v) is 8.64. The van der Waals surface area contributed by atoms with E-state index in [-0.39, 0.29) is 0 Å². The van der Waals surface area contributed by atoms with E-state index in [1.54, 1.807) is 0 Å². The Morgan fingerprint density at radius 3 is 0.667 bits per heavy atom. The lowest BCUT2D eigenvalue weighted by Gasteiger charge is -2.04. The maximum Gasteiger partial charge on any atom is 0.0431 e. The lowest BCUT2D eigenvalue weighted by molar-refractivity contribution is 0.282. The normalized spacial score (nSPS) is 11.3. The van der Waals surface area contributed by atoms with E-state index in [2.05, 4.69) is 0 Å². The highest BCUT2D eigenvalue weighted by atomic mass is 16.2. The highest BCUT2D eigenvalue weighted by molar-refractivity contribution is 4.51. The van der Waals surface area contributed by atoms with Crippen molar-refractivity contribution >= 4 is 0 Å². The molecule has 0 aliphatic heterocycles. The summed E-state index contributed by atoms with van der Waals surface area (Å²) in [6, 6.07) is 0. The van der Waals surface area contributed by atoms with Crippen molar-refractivity contribution in [2.24, 2.45) is 5.73 Å². The van der Waals surface area contributed by atoms with Gasteiger partial charge in [-0.15, -0.1) is 0 Å². The molecule has 0 aliphatic rings. The SMILES string of the molecule is NCCCCCCCCCCCCCCCCCCCCCCCCCO. The lowest BCUT2D eigenvalue weighted by Crippen LogP contribution is -1.97. The molecule has 164 valence electrons. The summed E-state index contributed by atoms with van der Waals surface area (Å²) in [4.78, 5) is 0. The number of nitrogens with two attached hydrogens (primary N) is 1. The minimum absolute atomic E-state index is 0.371. The van der Waals surface area contributed by atoms with Crippen LogP contribution in [0.2, 0.25) is 0 Å². The van der Waals surface area contributed by atoms with Crippen LogP contribution in [0.3, 0.4) is 0 Å². The van der Waals surface area contributed by atoms with Gasteiger partial charge in [-0.05, 0) is 19.4 Å². The summed E-state index contributed by atoms with van der Waals surface area (Å²) in [5.41, 5.74) is 5.52. The van der Waals surface area contributed by atoms with E-state index in [9.17, 15) is 0 Å². The number of aliphatic hydroxyl groups is 1. The second-order valence-electron chi connectivity index (χ2n) is 8.64. The van der Waals surface area contributed by atoms with Gasteiger partial charge in [-0.1, -0.05) is 135 Å². The van der Waals surface area contributed by atoms with Crippen molar-refractivity contribution in [3.63, 3.8) is 0 Å². The zero-order chi connectivity index (χ0) is 19.7. The molecule has 0 aliphatic carbocycles. The summed E-state index contributed by atoms with van der Waals surface area (Å²) in [5.74, 6) is 0. The van der Waals surface area contributed by atoms with Crippen LogP contribution in [0, 0.1) is 0 Å². The molecule has 0 atom stereocenters. The van der Waals surface area contributed by atoms with E-state index in [0.29, 0.717) is 6.61 Å². The van der Waals surface area contributed by atoms with Crippen molar-refractivity contribution in [3.05, 3.63) is 0 Å². The molecular formula is C25H53NO. The quantitative estimate of drug-likeness (QED) is 0.166. The van der Waals surface area contributed by atoms with Crippen LogP contribution in [0.15, 0.2) is 0 Å². The van der Waals surface area contributed by atoms with E-state index in [1.165, 1.54) is 141 Å². The zero-order valence-electron chi connectivity index (χ0n) is 18.7. The van der Waals surface area contributed by atoms with Crippen LogP contribution in [0.1, 0.15) is 148 Å². The van der Waals surface area contributed by atoms with Crippen molar-refractivity contribution in [1.82, 2.24) is 0 Å². The first-order chi connectivity index (χ1) is 13.4. The van der Waals surface area contributed by atoms with E-state index in [0.717, 1.165) is 13.0 Å². The Morgan fingerprint density at radius 1 is 0.296 bits per heavy atom. The number of aliphatic hydroxyl groups excluding tert-OH is 1. The highest BCUT2D eigenvalue weighted by Gasteiger charge is 1.95. The molecule has 0 heterocycles. The molecule has 0 aromatic carbocycles. The molecule has 2 heteroatoms. The molecule has 0 saturated carbocycles. The average molecular weight is 384 g/mol. The molecule has 27 heavy (non-hydrogen) atoms. The molecule has 0 fully saturated rings. The van der Waals surface area contributed by atoms with Crippen molar-refractivity contribution < 1.29 is 5.11 Å². The monoisotopic (exact) mass is 383 g/mol. The van der Waals surface area contributed by atoms with E-state index in [1.807, 2.05) is 0 Å². The summed E-state index contributed by atoms with van der Waals surface area (Å²) in [5, 5.41) is 8.74. The standard InChI is InChI=1S/C25H53NO/c26-24-22-20-18-16-14-12-10-8-6-4-2-1-3-5-7-9-11-13-15-17-19-21-23-25-27/h27H,1-26H2. The van der Waals surface area contributed by atoms with Gasteiger partial charge < -0.3 is 10.8 Å². The second kappa shape index (κ2) is 25.9. The first kappa shape index (κ1) is 26.9. The maximum atomic E-state index is 8.74. The first-order valence-corrected chi connectivity index (χ1v) is 12.7. The van der Waals surface area contributed by atoms with Crippen LogP contribution in [0.5, 0.6) is 0 Å². The first-order valence-electron chi connectivity index (χ1n) is 12.7. The summed E-state index contributed by atoms with van der Waals surface area (Å²) in [7, 11) is 0. The molecule has 0 spiro atoms. The van der Waals surface area contributed by atoms with Crippen LogP contribution < -0.4 is 5.73 Å². The molecule has 0 saturated heterocycles. The molecule has 0 aromatic rings. The summed E-state index contributed by atoms with van der Waals surface area (Å²) >= 11 is 0. The number of rotatable bonds is 24.